The van der Waals surface area contributed by atoms with Crippen LogP contribution in [0.15, 0.2) is 47.1 Å². The lowest BCUT2D eigenvalue weighted by molar-refractivity contribution is 0.616. The summed E-state index contributed by atoms with van der Waals surface area (Å²) in [5.41, 5.74) is 8.16. The van der Waals surface area contributed by atoms with Crippen LogP contribution in [-0.4, -0.2) is 22.8 Å². The highest BCUT2D eigenvalue weighted by Crippen LogP contribution is 2.28. The van der Waals surface area contributed by atoms with E-state index >= 15 is 0 Å². The predicted molar refractivity (Wildman–Crippen MR) is 79.4 cm³/mol. The van der Waals surface area contributed by atoms with Crippen molar-refractivity contribution >= 4 is 16.8 Å². The van der Waals surface area contributed by atoms with Crippen LogP contribution in [0, 0.1) is 0 Å². The predicted octanol–water partition coefficient (Wildman–Crippen LogP) is 2.65. The molecule has 102 valence electrons. The van der Waals surface area contributed by atoms with Crippen LogP contribution in [0.25, 0.3) is 22.2 Å². The van der Waals surface area contributed by atoms with Gasteiger partial charge in [0.1, 0.15) is 17.7 Å². The fourth-order valence-electron chi connectivity index (χ4n) is 2.04. The molecule has 1 unspecified atom stereocenters. The van der Waals surface area contributed by atoms with Crippen LogP contribution in [-0.2, 0) is 0 Å². The topological polar surface area (TPSA) is 77.0 Å². The number of hydrogen-bond acceptors (Lipinski definition) is 5. The van der Waals surface area contributed by atoms with Crippen molar-refractivity contribution < 1.29 is 4.42 Å². The smallest absolute Gasteiger partial charge is 0.148 e. The quantitative estimate of drug-likeness (QED) is 0.760. The van der Waals surface area contributed by atoms with Gasteiger partial charge in [-0.3, -0.25) is 0 Å². The van der Waals surface area contributed by atoms with Gasteiger partial charge in [-0.1, -0.05) is 18.2 Å². The summed E-state index contributed by atoms with van der Waals surface area (Å²) in [5, 5.41) is 12.6. The summed E-state index contributed by atoms with van der Waals surface area (Å²) in [6.45, 7) is 2.55. The third-order valence-electron chi connectivity index (χ3n) is 3.17. The molecule has 2 heterocycles. The lowest BCUT2D eigenvalue weighted by Gasteiger charge is -2.11. The van der Waals surface area contributed by atoms with Crippen LogP contribution in [0.3, 0.4) is 0 Å². The van der Waals surface area contributed by atoms with Gasteiger partial charge >= 0.3 is 0 Å². The lowest BCUT2D eigenvalue weighted by Crippen LogP contribution is -2.25. The Morgan fingerprint density at radius 2 is 2.05 bits per heavy atom. The zero-order chi connectivity index (χ0) is 13.9. The number of fused-ring (bicyclic) bond motifs is 1. The van der Waals surface area contributed by atoms with Gasteiger partial charge in [0.2, 0.25) is 0 Å². The molecule has 2 aromatic heterocycles. The van der Waals surface area contributed by atoms with Crippen molar-refractivity contribution in [3.63, 3.8) is 0 Å². The van der Waals surface area contributed by atoms with Crippen molar-refractivity contribution in [2.45, 2.75) is 13.0 Å². The van der Waals surface area contributed by atoms with Gasteiger partial charge in [0.05, 0.1) is 5.69 Å². The van der Waals surface area contributed by atoms with E-state index in [2.05, 4.69) is 15.5 Å². The number of nitrogens with two attached hydrogens (primary N) is 1. The Bertz CT molecular complexity index is 705. The van der Waals surface area contributed by atoms with Gasteiger partial charge in [-0.15, -0.1) is 10.2 Å². The van der Waals surface area contributed by atoms with E-state index in [1.165, 1.54) is 0 Å². The van der Waals surface area contributed by atoms with E-state index in [9.17, 15) is 0 Å². The van der Waals surface area contributed by atoms with Crippen LogP contribution in [0.5, 0.6) is 0 Å². The first kappa shape index (κ1) is 12.6. The molecule has 0 aliphatic rings. The second-order valence-corrected chi connectivity index (χ2v) is 4.73. The Morgan fingerprint density at radius 3 is 2.80 bits per heavy atom. The Balaban J connectivity index is 1.91. The first-order valence-corrected chi connectivity index (χ1v) is 6.55. The van der Waals surface area contributed by atoms with Crippen LogP contribution in [0.2, 0.25) is 0 Å². The van der Waals surface area contributed by atoms with Crippen molar-refractivity contribution in [1.82, 2.24) is 10.2 Å². The minimum Gasteiger partial charge on any atom is -0.464 e. The van der Waals surface area contributed by atoms with Gasteiger partial charge in [0.25, 0.3) is 0 Å². The second-order valence-electron chi connectivity index (χ2n) is 4.73. The molecule has 3 aromatic rings. The fraction of sp³-hybridized carbons (Fsp3) is 0.200. The van der Waals surface area contributed by atoms with Crippen molar-refractivity contribution in [2.75, 3.05) is 11.9 Å². The highest BCUT2D eigenvalue weighted by molar-refractivity contribution is 5.92. The summed E-state index contributed by atoms with van der Waals surface area (Å²) in [4.78, 5) is 0. The summed E-state index contributed by atoms with van der Waals surface area (Å²) in [6.07, 6.45) is 1.71. The molecule has 0 fully saturated rings. The normalized spacial score (nSPS) is 12.5. The van der Waals surface area contributed by atoms with Gasteiger partial charge in [0.15, 0.2) is 0 Å². The molecule has 1 aromatic carbocycles. The number of nitrogens with one attached hydrogen (secondary N) is 1. The molecule has 0 saturated heterocycles. The average molecular weight is 268 g/mol. The van der Waals surface area contributed by atoms with E-state index in [0.717, 1.165) is 28.0 Å². The molecule has 0 amide bonds. The number of rotatable bonds is 4. The van der Waals surface area contributed by atoms with Gasteiger partial charge in [0, 0.05) is 23.5 Å². The molecule has 20 heavy (non-hydrogen) atoms. The van der Waals surface area contributed by atoms with Crippen molar-refractivity contribution in [3.8, 4) is 11.3 Å². The number of para-hydroxylation sites is 1. The number of anilines is 1. The van der Waals surface area contributed by atoms with Crippen LogP contribution in [0.1, 0.15) is 6.92 Å². The molecular weight excluding hydrogens is 252 g/mol. The van der Waals surface area contributed by atoms with Crippen molar-refractivity contribution in [3.05, 3.63) is 42.7 Å². The molecule has 3 N–H and O–H groups in total. The molecule has 0 bridgehead atoms. The molecule has 0 saturated carbocycles. The summed E-state index contributed by atoms with van der Waals surface area (Å²) in [6, 6.07) is 11.9. The van der Waals surface area contributed by atoms with E-state index in [1.54, 1.807) is 6.26 Å². The first-order valence-electron chi connectivity index (χ1n) is 6.55. The average Bonchev–Trinajstić information content (AvgIpc) is 2.92. The minimum atomic E-state index is 0.171. The number of benzene rings is 1. The third kappa shape index (κ3) is 2.35. The van der Waals surface area contributed by atoms with E-state index in [4.69, 9.17) is 10.2 Å². The van der Waals surface area contributed by atoms with E-state index in [1.807, 2.05) is 43.3 Å². The summed E-state index contributed by atoms with van der Waals surface area (Å²) in [5.74, 6) is 0.722. The summed E-state index contributed by atoms with van der Waals surface area (Å²) in [7, 11) is 0. The molecule has 5 nitrogen and oxygen atoms in total. The largest absolute Gasteiger partial charge is 0.464 e. The first-order chi connectivity index (χ1) is 9.78. The van der Waals surface area contributed by atoms with Crippen molar-refractivity contribution in [2.24, 2.45) is 5.73 Å². The lowest BCUT2D eigenvalue weighted by atomic mass is 10.1. The number of furan rings is 1. The van der Waals surface area contributed by atoms with Crippen LogP contribution in [0.4, 0.5) is 5.82 Å². The highest BCUT2D eigenvalue weighted by atomic mass is 16.3. The molecule has 0 spiro atoms. The zero-order valence-electron chi connectivity index (χ0n) is 11.2. The summed E-state index contributed by atoms with van der Waals surface area (Å²) >= 11 is 0. The Kier molecular flexibility index (Phi) is 3.35. The van der Waals surface area contributed by atoms with E-state index in [-0.39, 0.29) is 6.04 Å². The standard InChI is InChI=1S/C15H16N4O/c1-10(8-16)17-15-7-6-13(18-19-15)12-9-20-14-5-3-2-4-11(12)14/h2-7,9-10H,8,16H2,1H3,(H,17,19). The second kappa shape index (κ2) is 5.30. The number of aromatic nitrogens is 2. The molecule has 5 heteroatoms. The third-order valence-corrected chi connectivity index (χ3v) is 3.17. The Morgan fingerprint density at radius 1 is 1.20 bits per heavy atom. The fourth-order valence-corrected chi connectivity index (χ4v) is 2.04. The Hall–Kier alpha value is -2.40. The van der Waals surface area contributed by atoms with Gasteiger partial charge < -0.3 is 15.5 Å². The van der Waals surface area contributed by atoms with E-state index in [0.29, 0.717) is 6.54 Å². The van der Waals surface area contributed by atoms with Gasteiger partial charge in [-0.25, -0.2) is 0 Å². The minimum absolute atomic E-state index is 0.171. The molecule has 3 rings (SSSR count). The Labute approximate surface area is 116 Å². The maximum Gasteiger partial charge on any atom is 0.148 e. The van der Waals surface area contributed by atoms with Gasteiger partial charge in [-0.2, -0.15) is 0 Å². The summed E-state index contributed by atoms with van der Waals surface area (Å²) < 4.78 is 5.52. The highest BCUT2D eigenvalue weighted by Gasteiger charge is 2.09. The maximum atomic E-state index is 5.57. The van der Waals surface area contributed by atoms with Crippen LogP contribution < -0.4 is 11.1 Å². The van der Waals surface area contributed by atoms with E-state index < -0.39 is 0 Å². The molecule has 0 radical (unpaired) electrons. The molecular formula is C15H16N4O. The monoisotopic (exact) mass is 268 g/mol. The molecule has 0 aliphatic heterocycles. The number of nitrogens with zero attached hydrogens (tertiary/aromatic N) is 2. The molecule has 1 atom stereocenters. The van der Waals surface area contributed by atoms with Gasteiger partial charge in [-0.05, 0) is 25.1 Å². The number of hydrogen-bond donors (Lipinski definition) is 2. The maximum absolute atomic E-state index is 5.57. The molecule has 0 aliphatic carbocycles. The van der Waals surface area contributed by atoms with Crippen LogP contribution >= 0.6 is 0 Å². The zero-order valence-corrected chi connectivity index (χ0v) is 11.2. The van der Waals surface area contributed by atoms with Crippen molar-refractivity contribution in [1.29, 1.82) is 0 Å². The SMILES string of the molecule is CC(CN)Nc1ccc(-c2coc3ccccc23)nn1.